The molecular weight excluding hydrogens is 300 g/mol. The van der Waals surface area contributed by atoms with Gasteiger partial charge in [0.25, 0.3) is 0 Å². The Morgan fingerprint density at radius 3 is 2.58 bits per heavy atom. The second-order valence-electron chi connectivity index (χ2n) is 5.85. The number of hydrogen-bond donors (Lipinski definition) is 1. The molecule has 0 bridgehead atoms. The van der Waals surface area contributed by atoms with Gasteiger partial charge in [-0.05, 0) is 37.6 Å². The fourth-order valence-corrected chi connectivity index (χ4v) is 3.29. The van der Waals surface area contributed by atoms with Crippen LogP contribution in [-0.4, -0.2) is 32.1 Å². The molecule has 19 heavy (non-hydrogen) atoms. The molecule has 0 aliphatic heterocycles. The summed E-state index contributed by atoms with van der Waals surface area (Å²) >= 11 is 3.63. The van der Waals surface area contributed by atoms with Crippen LogP contribution in [0, 0.1) is 5.41 Å². The zero-order valence-corrected chi connectivity index (χ0v) is 14.3. The smallest absolute Gasteiger partial charge is 0.0242 e. The van der Waals surface area contributed by atoms with E-state index in [4.69, 9.17) is 0 Å². The predicted octanol–water partition coefficient (Wildman–Crippen LogP) is 3.91. The van der Waals surface area contributed by atoms with Crippen molar-refractivity contribution in [3.05, 3.63) is 34.3 Å². The average molecular weight is 327 g/mol. The van der Waals surface area contributed by atoms with Crippen molar-refractivity contribution in [3.63, 3.8) is 0 Å². The summed E-state index contributed by atoms with van der Waals surface area (Å²) in [7, 11) is 4.25. The molecule has 1 aromatic rings. The fourth-order valence-electron chi connectivity index (χ4n) is 2.88. The van der Waals surface area contributed by atoms with Crippen LogP contribution < -0.4 is 5.32 Å². The number of halogens is 1. The van der Waals surface area contributed by atoms with E-state index in [0.717, 1.165) is 19.6 Å². The lowest BCUT2D eigenvalue weighted by Crippen LogP contribution is -2.39. The monoisotopic (exact) mass is 326 g/mol. The van der Waals surface area contributed by atoms with Gasteiger partial charge in [-0.25, -0.2) is 0 Å². The average Bonchev–Trinajstić information content (AvgIpc) is 2.32. The molecule has 0 heterocycles. The highest BCUT2D eigenvalue weighted by molar-refractivity contribution is 9.10. The number of hydrogen-bond acceptors (Lipinski definition) is 2. The molecule has 0 aliphatic rings. The maximum atomic E-state index is 3.63. The van der Waals surface area contributed by atoms with E-state index in [9.17, 15) is 0 Å². The van der Waals surface area contributed by atoms with Crippen LogP contribution >= 0.6 is 15.9 Å². The first kappa shape index (κ1) is 16.7. The minimum atomic E-state index is 0.347. The zero-order chi connectivity index (χ0) is 14.3. The van der Waals surface area contributed by atoms with Gasteiger partial charge in [-0.3, -0.25) is 0 Å². The first-order chi connectivity index (χ1) is 9.00. The summed E-state index contributed by atoms with van der Waals surface area (Å²) in [4.78, 5) is 2.42. The number of rotatable bonds is 8. The van der Waals surface area contributed by atoms with Gasteiger partial charge in [0.2, 0.25) is 0 Å². The molecule has 1 aromatic carbocycles. The standard InChI is InChI=1S/C16H27BrN2/c1-5-10-16(2,12-18-3)13-19(4)11-14-8-6-7-9-15(14)17/h6-9,18H,5,10-13H2,1-4H3. The Hall–Kier alpha value is -0.380. The molecule has 3 heteroatoms. The van der Waals surface area contributed by atoms with E-state index < -0.39 is 0 Å². The van der Waals surface area contributed by atoms with E-state index in [0.29, 0.717) is 5.41 Å². The summed E-state index contributed by atoms with van der Waals surface area (Å²) < 4.78 is 1.20. The van der Waals surface area contributed by atoms with Crippen LogP contribution in [0.4, 0.5) is 0 Å². The van der Waals surface area contributed by atoms with Crippen LogP contribution in [0.25, 0.3) is 0 Å². The summed E-state index contributed by atoms with van der Waals surface area (Å²) in [5, 5.41) is 3.34. The minimum Gasteiger partial charge on any atom is -0.319 e. The second-order valence-corrected chi connectivity index (χ2v) is 6.71. The topological polar surface area (TPSA) is 15.3 Å². The van der Waals surface area contributed by atoms with Gasteiger partial charge in [-0.15, -0.1) is 0 Å². The Kier molecular flexibility index (Phi) is 7.05. The molecular formula is C16H27BrN2. The van der Waals surface area contributed by atoms with Crippen molar-refractivity contribution in [1.29, 1.82) is 0 Å². The molecule has 1 atom stereocenters. The number of benzene rings is 1. The maximum Gasteiger partial charge on any atom is 0.0242 e. The Morgan fingerprint density at radius 1 is 1.32 bits per heavy atom. The highest BCUT2D eigenvalue weighted by Gasteiger charge is 2.24. The molecule has 0 amide bonds. The van der Waals surface area contributed by atoms with Gasteiger partial charge in [0.05, 0.1) is 0 Å². The van der Waals surface area contributed by atoms with E-state index in [-0.39, 0.29) is 0 Å². The van der Waals surface area contributed by atoms with Gasteiger partial charge in [0.1, 0.15) is 0 Å². The van der Waals surface area contributed by atoms with Crippen molar-refractivity contribution in [2.24, 2.45) is 5.41 Å². The van der Waals surface area contributed by atoms with Gasteiger partial charge in [0.15, 0.2) is 0 Å². The van der Waals surface area contributed by atoms with Crippen LogP contribution in [0.5, 0.6) is 0 Å². The Labute approximate surface area is 126 Å². The molecule has 0 spiro atoms. The molecule has 0 saturated heterocycles. The van der Waals surface area contributed by atoms with Crippen LogP contribution in [0.3, 0.4) is 0 Å². The first-order valence-corrected chi connectivity index (χ1v) is 7.86. The summed E-state index contributed by atoms with van der Waals surface area (Å²) in [6.07, 6.45) is 2.50. The molecule has 1 unspecified atom stereocenters. The number of nitrogens with zero attached hydrogens (tertiary/aromatic N) is 1. The second kappa shape index (κ2) is 8.03. The lowest BCUT2D eigenvalue weighted by atomic mass is 9.85. The molecule has 2 nitrogen and oxygen atoms in total. The van der Waals surface area contributed by atoms with Gasteiger partial charge in [0, 0.05) is 24.1 Å². The first-order valence-electron chi connectivity index (χ1n) is 7.07. The fraction of sp³-hybridized carbons (Fsp3) is 0.625. The molecule has 0 aromatic heterocycles. The third kappa shape index (κ3) is 5.64. The molecule has 1 N–H and O–H groups in total. The molecule has 108 valence electrons. The van der Waals surface area contributed by atoms with E-state index in [1.54, 1.807) is 0 Å². The molecule has 1 rings (SSSR count). The molecule has 0 aliphatic carbocycles. The van der Waals surface area contributed by atoms with Crippen LogP contribution in [0.15, 0.2) is 28.7 Å². The quantitative estimate of drug-likeness (QED) is 0.779. The highest BCUT2D eigenvalue weighted by atomic mass is 79.9. The maximum absolute atomic E-state index is 3.63. The predicted molar refractivity (Wildman–Crippen MR) is 87.4 cm³/mol. The summed E-state index contributed by atoms with van der Waals surface area (Å²) in [5.41, 5.74) is 1.70. The van der Waals surface area contributed by atoms with Gasteiger partial charge in [-0.2, -0.15) is 0 Å². The zero-order valence-electron chi connectivity index (χ0n) is 12.7. The van der Waals surface area contributed by atoms with E-state index in [2.05, 4.69) is 71.3 Å². The largest absolute Gasteiger partial charge is 0.319 e. The van der Waals surface area contributed by atoms with Crippen molar-refractivity contribution >= 4 is 15.9 Å². The summed E-state index contributed by atoms with van der Waals surface area (Å²) in [6, 6.07) is 8.47. The third-order valence-electron chi connectivity index (χ3n) is 3.51. The molecule has 0 radical (unpaired) electrons. The lowest BCUT2D eigenvalue weighted by Gasteiger charge is -2.34. The van der Waals surface area contributed by atoms with Crippen LogP contribution in [0.2, 0.25) is 0 Å². The SMILES string of the molecule is CCCC(C)(CNC)CN(C)Cc1ccccc1Br. The van der Waals surface area contributed by atoms with Gasteiger partial charge in [-0.1, -0.05) is 54.4 Å². The van der Waals surface area contributed by atoms with Gasteiger partial charge < -0.3 is 10.2 Å². The Bertz CT molecular complexity index is 373. The van der Waals surface area contributed by atoms with Crippen molar-refractivity contribution in [2.45, 2.75) is 33.2 Å². The van der Waals surface area contributed by atoms with Crippen molar-refractivity contribution in [3.8, 4) is 0 Å². The lowest BCUT2D eigenvalue weighted by molar-refractivity contribution is 0.171. The van der Waals surface area contributed by atoms with Crippen LogP contribution in [-0.2, 0) is 6.54 Å². The van der Waals surface area contributed by atoms with E-state index in [1.165, 1.54) is 22.9 Å². The van der Waals surface area contributed by atoms with Crippen molar-refractivity contribution in [1.82, 2.24) is 10.2 Å². The normalized spacial score (nSPS) is 14.6. The number of nitrogens with one attached hydrogen (secondary N) is 1. The molecule has 0 fully saturated rings. The molecule has 0 saturated carbocycles. The van der Waals surface area contributed by atoms with E-state index in [1.807, 2.05) is 7.05 Å². The van der Waals surface area contributed by atoms with Crippen LogP contribution in [0.1, 0.15) is 32.3 Å². The summed E-state index contributed by atoms with van der Waals surface area (Å²) in [6.45, 7) is 7.82. The van der Waals surface area contributed by atoms with E-state index >= 15 is 0 Å². The Morgan fingerprint density at radius 2 is 2.00 bits per heavy atom. The Balaban J connectivity index is 2.62. The minimum absolute atomic E-state index is 0.347. The highest BCUT2D eigenvalue weighted by Crippen LogP contribution is 2.25. The third-order valence-corrected chi connectivity index (χ3v) is 4.28. The van der Waals surface area contributed by atoms with Crippen molar-refractivity contribution < 1.29 is 0 Å². The summed E-state index contributed by atoms with van der Waals surface area (Å²) in [5.74, 6) is 0. The van der Waals surface area contributed by atoms with Crippen molar-refractivity contribution in [2.75, 3.05) is 27.2 Å². The van der Waals surface area contributed by atoms with Gasteiger partial charge >= 0.3 is 0 Å².